The van der Waals surface area contributed by atoms with Crippen LogP contribution >= 0.6 is 0 Å². The van der Waals surface area contributed by atoms with Crippen molar-refractivity contribution >= 4 is 35.6 Å². The summed E-state index contributed by atoms with van der Waals surface area (Å²) in [6.45, 7) is 0.150. The van der Waals surface area contributed by atoms with Gasteiger partial charge in [0.25, 0.3) is 0 Å². The molecule has 4 amide bonds. The fourth-order valence-electron chi connectivity index (χ4n) is 4.01. The molecule has 277 valence electrons. The summed E-state index contributed by atoms with van der Waals surface area (Å²) >= 11 is 0. The maximum atomic E-state index is 11.8. The summed E-state index contributed by atoms with van der Waals surface area (Å²) in [5.41, 5.74) is 23.3. The molecule has 49 heavy (non-hydrogen) atoms. The van der Waals surface area contributed by atoms with E-state index in [1.807, 2.05) is 0 Å². The molecule has 0 aliphatic rings. The van der Waals surface area contributed by atoms with E-state index in [-0.39, 0.29) is 55.8 Å². The van der Waals surface area contributed by atoms with Crippen LogP contribution in [0.5, 0.6) is 0 Å². The van der Waals surface area contributed by atoms with Crippen molar-refractivity contribution in [3.8, 4) is 0 Å². The number of nitrogens with two attached hydrogens (primary N) is 4. The third-order valence-corrected chi connectivity index (χ3v) is 6.62. The number of rotatable bonds is 22. The van der Waals surface area contributed by atoms with Crippen LogP contribution in [0.25, 0.3) is 0 Å². The molecular formula is C28H46CuN12O8. The Labute approximate surface area is 293 Å². The molecule has 0 aliphatic heterocycles. The van der Waals surface area contributed by atoms with Crippen LogP contribution in [0.3, 0.4) is 0 Å². The zero-order valence-electron chi connectivity index (χ0n) is 26.9. The summed E-state index contributed by atoms with van der Waals surface area (Å²) in [5.74, 6) is -5.05. The molecule has 14 N–H and O–H groups in total. The van der Waals surface area contributed by atoms with Gasteiger partial charge in [-0.3, -0.25) is 19.2 Å². The number of amides is 4. The molecule has 4 atom stereocenters. The van der Waals surface area contributed by atoms with Gasteiger partial charge < -0.3 is 74.0 Å². The predicted octanol–water partition coefficient (Wildman–Crippen LogP) is -6.48. The number of carbonyl (C=O) groups is 6. The molecule has 20 nitrogen and oxygen atoms in total. The first kappa shape index (κ1) is 44.6. The second kappa shape index (κ2) is 25.6. The minimum atomic E-state index is -1.37. The quantitative estimate of drug-likeness (QED) is 0.0396. The monoisotopic (exact) mass is 741 g/mol. The molecule has 2 rings (SSSR count). The van der Waals surface area contributed by atoms with Crippen LogP contribution in [0.1, 0.15) is 49.9 Å². The van der Waals surface area contributed by atoms with Gasteiger partial charge in [-0.1, -0.05) is 0 Å². The number of nitrogens with one attached hydrogen (secondary N) is 6. The van der Waals surface area contributed by atoms with Crippen molar-refractivity contribution in [1.29, 1.82) is 0 Å². The van der Waals surface area contributed by atoms with Crippen molar-refractivity contribution < 1.29 is 56.0 Å². The molecule has 0 spiro atoms. The number of imidazole rings is 2. The SMILES string of the molecule is NCCCC[C@H](NC(=O)CNC(=O)[C@@H](N)Cc1c[nH]cn1)C(=O)[O-].NCCCC[C@H](NC(=O)CNC(=O)[C@@H](N)Cc1c[nH]cn1)C(=O)[O-].[Cu+2]. The first-order valence-electron chi connectivity index (χ1n) is 15.3. The van der Waals surface area contributed by atoms with E-state index in [1.165, 1.54) is 12.7 Å². The summed E-state index contributed by atoms with van der Waals surface area (Å²) in [5, 5.41) is 31.3. The molecule has 0 aliphatic carbocycles. The van der Waals surface area contributed by atoms with Gasteiger partial charge in [0.2, 0.25) is 23.6 Å². The van der Waals surface area contributed by atoms with Crippen LogP contribution in [-0.4, -0.2) is 106 Å². The van der Waals surface area contributed by atoms with Gasteiger partial charge in [-0.15, -0.1) is 0 Å². The number of hydrogen-bond donors (Lipinski definition) is 10. The van der Waals surface area contributed by atoms with Crippen LogP contribution in [0.15, 0.2) is 25.0 Å². The Hall–Kier alpha value is -4.40. The van der Waals surface area contributed by atoms with E-state index in [0.29, 0.717) is 50.2 Å². The van der Waals surface area contributed by atoms with Gasteiger partial charge in [0, 0.05) is 25.2 Å². The molecule has 0 fully saturated rings. The number of carboxylic acid groups (broad SMARTS) is 2. The molecular weight excluding hydrogens is 696 g/mol. The predicted molar refractivity (Wildman–Crippen MR) is 166 cm³/mol. The zero-order chi connectivity index (χ0) is 35.9. The molecule has 2 heterocycles. The third-order valence-electron chi connectivity index (χ3n) is 6.62. The average molecular weight is 742 g/mol. The number of nitrogens with zero attached hydrogens (tertiary/aromatic N) is 2. The molecule has 2 aromatic heterocycles. The first-order chi connectivity index (χ1) is 22.9. The molecule has 0 aromatic carbocycles. The van der Waals surface area contributed by atoms with Crippen molar-refractivity contribution in [2.75, 3.05) is 26.2 Å². The Morgan fingerprint density at radius 3 is 1.33 bits per heavy atom. The van der Waals surface area contributed by atoms with E-state index in [1.54, 1.807) is 12.4 Å². The van der Waals surface area contributed by atoms with E-state index in [0.717, 1.165) is 0 Å². The van der Waals surface area contributed by atoms with Crippen LogP contribution in [0.4, 0.5) is 0 Å². The Kier molecular flexibility index (Phi) is 23.3. The van der Waals surface area contributed by atoms with Gasteiger partial charge >= 0.3 is 17.1 Å². The fourth-order valence-corrected chi connectivity index (χ4v) is 4.01. The standard InChI is InChI=1S/2C14H24N6O4.Cu/c2*15-4-2-1-3-11(14(23)24)20-12(21)7-18-13(22)10(16)5-9-6-17-8-19-9;/h2*6,8,10-11H,1-5,7,15-16H2,(H,17,19)(H,18,22)(H,20,21)(H,23,24);/q;;+2/p-2/t2*10-,11-;/m00./s1. The second-order valence-electron chi connectivity index (χ2n) is 10.6. The fraction of sp³-hybridized carbons (Fsp3) is 0.571. The largest absolute Gasteiger partial charge is 2.00 e. The Bertz CT molecular complexity index is 1170. The van der Waals surface area contributed by atoms with Gasteiger partial charge in [0.1, 0.15) is 0 Å². The molecule has 0 unspecified atom stereocenters. The van der Waals surface area contributed by atoms with Gasteiger partial charge in [-0.05, 0) is 51.6 Å². The number of hydrogen-bond acceptors (Lipinski definition) is 14. The normalized spacial score (nSPS) is 12.8. The first-order valence-corrected chi connectivity index (χ1v) is 15.3. The summed E-state index contributed by atoms with van der Waals surface area (Å²) in [6, 6.07) is -3.94. The Balaban J connectivity index is 0.000000922. The summed E-state index contributed by atoms with van der Waals surface area (Å²) in [7, 11) is 0. The van der Waals surface area contributed by atoms with Gasteiger partial charge in [0.15, 0.2) is 0 Å². The van der Waals surface area contributed by atoms with Crippen molar-refractivity contribution in [2.24, 2.45) is 22.9 Å². The van der Waals surface area contributed by atoms with E-state index in [2.05, 4.69) is 41.2 Å². The van der Waals surface area contributed by atoms with Gasteiger partial charge in [-0.2, -0.15) is 0 Å². The van der Waals surface area contributed by atoms with Crippen molar-refractivity contribution in [3.05, 3.63) is 36.4 Å². The number of aromatic nitrogens is 4. The third kappa shape index (κ3) is 19.9. The molecule has 21 heteroatoms. The maximum absolute atomic E-state index is 11.8. The number of aliphatic carboxylic acids is 2. The average Bonchev–Trinajstić information content (AvgIpc) is 3.76. The summed E-state index contributed by atoms with van der Waals surface area (Å²) in [6.07, 6.45) is 9.46. The van der Waals surface area contributed by atoms with E-state index < -0.39 is 59.7 Å². The number of H-pyrrole nitrogens is 2. The van der Waals surface area contributed by atoms with E-state index >= 15 is 0 Å². The number of carboxylic acids is 2. The van der Waals surface area contributed by atoms with Gasteiger partial charge in [0.05, 0.1) is 73.2 Å². The number of unbranched alkanes of at least 4 members (excludes halogenated alkanes) is 2. The maximum Gasteiger partial charge on any atom is 2.00 e. The summed E-state index contributed by atoms with van der Waals surface area (Å²) in [4.78, 5) is 82.4. The topological polar surface area (TPSA) is 358 Å². The molecule has 0 saturated carbocycles. The molecule has 1 radical (unpaired) electrons. The molecule has 2 aromatic rings. The van der Waals surface area contributed by atoms with Crippen LogP contribution < -0.4 is 54.4 Å². The van der Waals surface area contributed by atoms with E-state index in [4.69, 9.17) is 22.9 Å². The van der Waals surface area contributed by atoms with Crippen LogP contribution in [-0.2, 0) is 58.7 Å². The molecule has 0 bridgehead atoms. The van der Waals surface area contributed by atoms with E-state index in [9.17, 15) is 39.0 Å². The van der Waals surface area contributed by atoms with Gasteiger partial charge in [-0.25, -0.2) is 9.97 Å². The zero-order valence-corrected chi connectivity index (χ0v) is 27.8. The smallest absolute Gasteiger partial charge is 0.548 e. The van der Waals surface area contributed by atoms with Crippen LogP contribution in [0.2, 0.25) is 0 Å². The Morgan fingerprint density at radius 2 is 1.04 bits per heavy atom. The molecule has 0 saturated heterocycles. The second-order valence-corrected chi connectivity index (χ2v) is 10.6. The summed E-state index contributed by atoms with van der Waals surface area (Å²) < 4.78 is 0. The van der Waals surface area contributed by atoms with Crippen LogP contribution in [0, 0.1) is 0 Å². The van der Waals surface area contributed by atoms with Crippen molar-refractivity contribution in [3.63, 3.8) is 0 Å². The Morgan fingerprint density at radius 1 is 0.673 bits per heavy atom. The number of carbonyl (C=O) groups excluding carboxylic acids is 6. The minimum absolute atomic E-state index is 0. The number of aromatic amines is 2. The van der Waals surface area contributed by atoms with Crippen molar-refractivity contribution in [1.82, 2.24) is 41.2 Å². The minimum Gasteiger partial charge on any atom is -0.548 e. The van der Waals surface area contributed by atoms with Crippen molar-refractivity contribution in [2.45, 2.75) is 75.5 Å².